The van der Waals surface area contributed by atoms with E-state index in [-0.39, 0.29) is 12.1 Å². The van der Waals surface area contributed by atoms with E-state index in [9.17, 15) is 9.59 Å². The second-order valence-electron chi connectivity index (χ2n) is 2.82. The summed E-state index contributed by atoms with van der Waals surface area (Å²) in [5.74, 6) is -1.15. The first kappa shape index (κ1) is 13.4. The third-order valence-electron chi connectivity index (χ3n) is 1.59. The standard InChI is InChI=1S/C9H16N2O4/c1-3-5-6-15-9(14)11-10-7(4-2)8(12)13/h3-6H2,1-2H3,(H,11,14)(H,12,13). The Morgan fingerprint density at radius 1 is 1.40 bits per heavy atom. The Labute approximate surface area is 88.3 Å². The van der Waals surface area contributed by atoms with Crippen molar-refractivity contribution in [1.29, 1.82) is 0 Å². The minimum absolute atomic E-state index is 0.109. The molecule has 0 aromatic carbocycles. The van der Waals surface area contributed by atoms with Gasteiger partial charge in [0.25, 0.3) is 0 Å². The van der Waals surface area contributed by atoms with Crippen LogP contribution in [0.1, 0.15) is 33.1 Å². The molecule has 0 rings (SSSR count). The fourth-order valence-electron chi connectivity index (χ4n) is 0.733. The minimum Gasteiger partial charge on any atom is -0.477 e. The fraction of sp³-hybridized carbons (Fsp3) is 0.667. The first-order valence-electron chi connectivity index (χ1n) is 4.84. The summed E-state index contributed by atoms with van der Waals surface area (Å²) in [6.45, 7) is 3.92. The molecular formula is C9H16N2O4. The number of hydrazone groups is 1. The topological polar surface area (TPSA) is 88.0 Å². The van der Waals surface area contributed by atoms with Gasteiger partial charge in [-0.2, -0.15) is 5.10 Å². The van der Waals surface area contributed by atoms with Crippen molar-refractivity contribution in [2.45, 2.75) is 33.1 Å². The highest BCUT2D eigenvalue weighted by Crippen LogP contribution is 1.89. The molecule has 6 nitrogen and oxygen atoms in total. The molecule has 0 aromatic rings. The van der Waals surface area contributed by atoms with Crippen LogP contribution in [-0.2, 0) is 9.53 Å². The number of carboxylic acid groups (broad SMARTS) is 1. The summed E-state index contributed by atoms with van der Waals surface area (Å²) < 4.78 is 4.71. The van der Waals surface area contributed by atoms with Crippen LogP contribution in [0.25, 0.3) is 0 Å². The molecule has 2 N–H and O–H groups in total. The van der Waals surface area contributed by atoms with Crippen molar-refractivity contribution in [3.8, 4) is 0 Å². The fourth-order valence-corrected chi connectivity index (χ4v) is 0.733. The predicted octanol–water partition coefficient (Wildman–Crippen LogP) is 1.36. The number of ether oxygens (including phenoxy) is 1. The molecular weight excluding hydrogens is 200 g/mol. The molecule has 6 heteroatoms. The highest BCUT2D eigenvalue weighted by molar-refractivity contribution is 6.35. The van der Waals surface area contributed by atoms with Gasteiger partial charge in [0, 0.05) is 0 Å². The summed E-state index contributed by atoms with van der Waals surface area (Å²) in [5, 5.41) is 12.0. The second-order valence-corrected chi connectivity index (χ2v) is 2.82. The number of aliphatic carboxylic acids is 1. The highest BCUT2D eigenvalue weighted by atomic mass is 16.5. The molecule has 86 valence electrons. The number of carboxylic acids is 1. The van der Waals surface area contributed by atoms with Gasteiger partial charge in [0.1, 0.15) is 5.71 Å². The van der Waals surface area contributed by atoms with Crippen molar-refractivity contribution in [2.75, 3.05) is 6.61 Å². The van der Waals surface area contributed by atoms with Gasteiger partial charge in [0.05, 0.1) is 6.61 Å². The van der Waals surface area contributed by atoms with E-state index in [1.54, 1.807) is 6.92 Å². The molecule has 0 bridgehead atoms. The maximum absolute atomic E-state index is 10.9. The third kappa shape index (κ3) is 6.48. The van der Waals surface area contributed by atoms with Gasteiger partial charge in [-0.05, 0) is 12.8 Å². The van der Waals surface area contributed by atoms with Crippen LogP contribution in [0.5, 0.6) is 0 Å². The Hall–Kier alpha value is -1.59. The lowest BCUT2D eigenvalue weighted by atomic mass is 10.3. The van der Waals surface area contributed by atoms with E-state index in [1.165, 1.54) is 0 Å². The zero-order chi connectivity index (χ0) is 11.7. The largest absolute Gasteiger partial charge is 0.477 e. The third-order valence-corrected chi connectivity index (χ3v) is 1.59. The van der Waals surface area contributed by atoms with Gasteiger partial charge in [-0.3, -0.25) is 0 Å². The van der Waals surface area contributed by atoms with Crippen molar-refractivity contribution in [3.63, 3.8) is 0 Å². The molecule has 0 saturated heterocycles. The number of amides is 1. The van der Waals surface area contributed by atoms with Gasteiger partial charge in [-0.25, -0.2) is 15.0 Å². The van der Waals surface area contributed by atoms with Crippen molar-refractivity contribution < 1.29 is 19.4 Å². The Morgan fingerprint density at radius 3 is 2.53 bits per heavy atom. The number of carbonyl (C=O) groups is 2. The number of nitrogens with zero attached hydrogens (tertiary/aromatic N) is 1. The SMILES string of the molecule is CCCCOC(=O)NN=C(CC)C(=O)O. The molecule has 0 aliphatic carbocycles. The Balaban J connectivity index is 3.91. The number of hydrogen-bond acceptors (Lipinski definition) is 4. The van der Waals surface area contributed by atoms with Gasteiger partial charge < -0.3 is 9.84 Å². The Kier molecular flexibility index (Phi) is 6.96. The van der Waals surface area contributed by atoms with E-state index in [4.69, 9.17) is 9.84 Å². The molecule has 0 aliphatic heterocycles. The smallest absolute Gasteiger partial charge is 0.427 e. The molecule has 1 amide bonds. The van der Waals surface area contributed by atoms with Gasteiger partial charge >= 0.3 is 12.1 Å². The molecule has 0 radical (unpaired) electrons. The molecule has 0 unspecified atom stereocenters. The van der Waals surface area contributed by atoms with Crippen LogP contribution in [0.3, 0.4) is 0 Å². The van der Waals surface area contributed by atoms with E-state index in [2.05, 4.69) is 5.10 Å². The van der Waals surface area contributed by atoms with Crippen LogP contribution in [0, 0.1) is 0 Å². The lowest BCUT2D eigenvalue weighted by Crippen LogP contribution is -2.23. The normalized spacial score (nSPS) is 10.9. The monoisotopic (exact) mass is 216 g/mol. The quantitative estimate of drug-likeness (QED) is 0.398. The lowest BCUT2D eigenvalue weighted by Gasteiger charge is -2.02. The molecule has 0 saturated carbocycles. The number of carbonyl (C=O) groups excluding carboxylic acids is 1. The molecule has 0 heterocycles. The maximum Gasteiger partial charge on any atom is 0.427 e. The summed E-state index contributed by atoms with van der Waals surface area (Å²) >= 11 is 0. The van der Waals surface area contributed by atoms with E-state index in [0.29, 0.717) is 6.61 Å². The van der Waals surface area contributed by atoms with E-state index < -0.39 is 12.1 Å². The molecule has 15 heavy (non-hydrogen) atoms. The van der Waals surface area contributed by atoms with Crippen LogP contribution < -0.4 is 5.43 Å². The molecule has 0 aliphatic rings. The molecule has 0 fully saturated rings. The van der Waals surface area contributed by atoms with Gasteiger partial charge in [0.15, 0.2) is 0 Å². The van der Waals surface area contributed by atoms with Crippen LogP contribution >= 0.6 is 0 Å². The summed E-state index contributed by atoms with van der Waals surface area (Å²) in [5.41, 5.74) is 1.91. The van der Waals surface area contributed by atoms with Crippen molar-refractivity contribution in [3.05, 3.63) is 0 Å². The number of hydrogen-bond donors (Lipinski definition) is 2. The van der Waals surface area contributed by atoms with Crippen LogP contribution in [0.2, 0.25) is 0 Å². The first-order valence-corrected chi connectivity index (χ1v) is 4.84. The lowest BCUT2D eigenvalue weighted by molar-refractivity contribution is -0.129. The maximum atomic E-state index is 10.9. The first-order chi connectivity index (χ1) is 7.11. The Morgan fingerprint density at radius 2 is 2.07 bits per heavy atom. The number of rotatable bonds is 6. The van der Waals surface area contributed by atoms with Gasteiger partial charge in [0.2, 0.25) is 0 Å². The van der Waals surface area contributed by atoms with Gasteiger partial charge in [-0.1, -0.05) is 20.3 Å². The number of nitrogens with one attached hydrogen (secondary N) is 1. The summed E-state index contributed by atoms with van der Waals surface area (Å²) in [6, 6.07) is 0. The van der Waals surface area contributed by atoms with E-state index in [0.717, 1.165) is 12.8 Å². The molecule has 0 atom stereocenters. The molecule has 0 aromatic heterocycles. The zero-order valence-electron chi connectivity index (χ0n) is 8.95. The predicted molar refractivity (Wildman–Crippen MR) is 54.8 cm³/mol. The van der Waals surface area contributed by atoms with E-state index in [1.807, 2.05) is 12.3 Å². The number of unbranched alkanes of at least 4 members (excludes halogenated alkanes) is 1. The van der Waals surface area contributed by atoms with Crippen LogP contribution in [0.15, 0.2) is 5.10 Å². The van der Waals surface area contributed by atoms with Gasteiger partial charge in [-0.15, -0.1) is 0 Å². The van der Waals surface area contributed by atoms with Crippen LogP contribution in [-0.4, -0.2) is 29.5 Å². The summed E-state index contributed by atoms with van der Waals surface area (Å²) in [6.07, 6.45) is 1.21. The summed E-state index contributed by atoms with van der Waals surface area (Å²) in [7, 11) is 0. The zero-order valence-corrected chi connectivity index (χ0v) is 8.95. The Bertz CT molecular complexity index is 250. The van der Waals surface area contributed by atoms with Crippen molar-refractivity contribution in [1.82, 2.24) is 5.43 Å². The highest BCUT2D eigenvalue weighted by Gasteiger charge is 2.07. The minimum atomic E-state index is -1.15. The average Bonchev–Trinajstić information content (AvgIpc) is 2.18. The summed E-state index contributed by atoms with van der Waals surface area (Å²) in [4.78, 5) is 21.4. The van der Waals surface area contributed by atoms with Crippen molar-refractivity contribution >= 4 is 17.8 Å². The molecule has 0 spiro atoms. The van der Waals surface area contributed by atoms with Crippen molar-refractivity contribution in [2.24, 2.45) is 5.10 Å². The second kappa shape index (κ2) is 7.78. The average molecular weight is 216 g/mol. The van der Waals surface area contributed by atoms with Crippen LogP contribution in [0.4, 0.5) is 4.79 Å². The van der Waals surface area contributed by atoms with E-state index >= 15 is 0 Å².